The summed E-state index contributed by atoms with van der Waals surface area (Å²) in [5.74, 6) is 0.133. The Kier molecular flexibility index (Phi) is 4.08. The van der Waals surface area contributed by atoms with Gasteiger partial charge < -0.3 is 10.6 Å². The standard InChI is InChI=1S/C16H11BrClN3O.H2O/c17-13-9-15-16(22)20(11-7-5-10(18)6-8-11)19-21(15)14-4-2-1-3-12(13)14;/h1-9,19,22H;1H2. The molecule has 0 radical (unpaired) electrons. The second-order valence-electron chi connectivity index (χ2n) is 4.97. The number of allylic oxidation sites excluding steroid dienone is 1. The van der Waals surface area contributed by atoms with Gasteiger partial charge in [0.05, 0.1) is 11.4 Å². The van der Waals surface area contributed by atoms with E-state index in [2.05, 4.69) is 21.5 Å². The summed E-state index contributed by atoms with van der Waals surface area (Å²) in [4.78, 5) is 0. The van der Waals surface area contributed by atoms with Crippen molar-refractivity contribution >= 4 is 43.4 Å². The van der Waals surface area contributed by atoms with Gasteiger partial charge in [0, 0.05) is 15.1 Å². The third-order valence-electron chi connectivity index (χ3n) is 3.63. The fraction of sp³-hybridized carbons (Fsp3) is 0. The predicted octanol–water partition coefficient (Wildman–Crippen LogP) is 3.74. The molecule has 2 heterocycles. The van der Waals surface area contributed by atoms with E-state index >= 15 is 0 Å². The van der Waals surface area contributed by atoms with Crippen molar-refractivity contribution in [2.75, 3.05) is 10.0 Å². The number of halogens is 2. The lowest BCUT2D eigenvalue weighted by Crippen LogP contribution is -2.42. The fourth-order valence-electron chi connectivity index (χ4n) is 2.57. The molecular weight excluding hydrogens is 382 g/mol. The van der Waals surface area contributed by atoms with E-state index in [1.54, 1.807) is 17.1 Å². The SMILES string of the molecule is O.OC1=C2C=C(Br)c3ccccc3N2NN1c1ccc(Cl)cc1. The Morgan fingerprint density at radius 2 is 1.70 bits per heavy atom. The Morgan fingerprint density at radius 3 is 2.43 bits per heavy atom. The summed E-state index contributed by atoms with van der Waals surface area (Å²) in [5, 5.41) is 14.7. The van der Waals surface area contributed by atoms with Gasteiger partial charge in [-0.25, -0.2) is 5.01 Å². The molecule has 5 nitrogen and oxygen atoms in total. The van der Waals surface area contributed by atoms with E-state index in [-0.39, 0.29) is 11.4 Å². The molecule has 7 heteroatoms. The minimum atomic E-state index is 0. The fourth-order valence-corrected chi connectivity index (χ4v) is 3.25. The van der Waals surface area contributed by atoms with Gasteiger partial charge in [0.25, 0.3) is 0 Å². The number of para-hydroxylation sites is 1. The van der Waals surface area contributed by atoms with Crippen LogP contribution in [0, 0.1) is 0 Å². The molecule has 0 saturated heterocycles. The topological polar surface area (TPSA) is 70.2 Å². The van der Waals surface area contributed by atoms with E-state index in [4.69, 9.17) is 11.6 Å². The highest BCUT2D eigenvalue weighted by Crippen LogP contribution is 2.41. The molecule has 0 aliphatic carbocycles. The number of anilines is 2. The zero-order chi connectivity index (χ0) is 15.3. The smallest absolute Gasteiger partial charge is 0.234 e. The molecule has 4 rings (SSSR count). The summed E-state index contributed by atoms with van der Waals surface area (Å²) in [6.45, 7) is 0. The van der Waals surface area contributed by atoms with Crippen molar-refractivity contribution in [2.45, 2.75) is 0 Å². The Labute approximate surface area is 146 Å². The quantitative estimate of drug-likeness (QED) is 0.773. The van der Waals surface area contributed by atoms with Gasteiger partial charge in [0.15, 0.2) is 0 Å². The number of aliphatic hydroxyl groups excluding tert-OH is 1. The monoisotopic (exact) mass is 393 g/mol. The Morgan fingerprint density at radius 1 is 1.00 bits per heavy atom. The number of benzene rings is 2. The normalized spacial score (nSPS) is 15.8. The van der Waals surface area contributed by atoms with E-state index in [9.17, 15) is 5.11 Å². The number of hydrogen-bond acceptors (Lipinski definition) is 4. The van der Waals surface area contributed by atoms with Crippen molar-refractivity contribution in [3.63, 3.8) is 0 Å². The van der Waals surface area contributed by atoms with Crippen LogP contribution in [0.2, 0.25) is 5.02 Å². The van der Waals surface area contributed by atoms with Gasteiger partial charge in [0.1, 0.15) is 5.70 Å². The molecule has 0 saturated carbocycles. The Hall–Kier alpha value is -1.99. The van der Waals surface area contributed by atoms with E-state index in [0.29, 0.717) is 10.7 Å². The van der Waals surface area contributed by atoms with Crippen molar-refractivity contribution in [3.05, 3.63) is 76.8 Å². The maximum Gasteiger partial charge on any atom is 0.234 e. The zero-order valence-electron chi connectivity index (χ0n) is 11.8. The van der Waals surface area contributed by atoms with Crippen molar-refractivity contribution in [1.82, 2.24) is 5.53 Å². The molecule has 2 aromatic carbocycles. The van der Waals surface area contributed by atoms with Crippen LogP contribution in [-0.2, 0) is 0 Å². The molecule has 0 amide bonds. The van der Waals surface area contributed by atoms with Crippen LogP contribution in [0.25, 0.3) is 4.48 Å². The summed E-state index contributed by atoms with van der Waals surface area (Å²) in [5.41, 5.74) is 6.69. The molecule has 0 atom stereocenters. The van der Waals surface area contributed by atoms with Crippen molar-refractivity contribution in [2.24, 2.45) is 0 Å². The number of nitrogens with one attached hydrogen (secondary N) is 1. The molecule has 0 bridgehead atoms. The van der Waals surface area contributed by atoms with E-state index < -0.39 is 0 Å². The molecule has 2 aliphatic rings. The number of hydrazine groups is 2. The van der Waals surface area contributed by atoms with Gasteiger partial charge in [-0.05, 0) is 36.4 Å². The van der Waals surface area contributed by atoms with Crippen molar-refractivity contribution in [1.29, 1.82) is 0 Å². The summed E-state index contributed by atoms with van der Waals surface area (Å²) in [6, 6.07) is 15.2. The van der Waals surface area contributed by atoms with Crippen molar-refractivity contribution < 1.29 is 10.6 Å². The summed E-state index contributed by atoms with van der Waals surface area (Å²) in [6.07, 6.45) is 1.89. The van der Waals surface area contributed by atoms with Crippen LogP contribution in [0.1, 0.15) is 5.56 Å². The van der Waals surface area contributed by atoms with Crippen LogP contribution < -0.4 is 15.6 Å². The average Bonchev–Trinajstić information content (AvgIpc) is 2.86. The molecule has 2 aliphatic heterocycles. The number of hydrogen-bond donors (Lipinski definition) is 2. The molecular formula is C16H13BrClN3O2. The van der Waals surface area contributed by atoms with E-state index in [1.807, 2.05) is 47.5 Å². The Bertz CT molecular complexity index is 820. The maximum absolute atomic E-state index is 10.6. The second-order valence-corrected chi connectivity index (χ2v) is 6.26. The molecule has 0 fully saturated rings. The van der Waals surface area contributed by atoms with Crippen LogP contribution in [0.4, 0.5) is 11.4 Å². The first-order valence-electron chi connectivity index (χ1n) is 6.67. The lowest BCUT2D eigenvalue weighted by molar-refractivity contribution is 0.388. The Balaban J connectivity index is 0.00000156. The first kappa shape index (κ1) is 15.9. The van der Waals surface area contributed by atoms with Gasteiger partial charge in [-0.1, -0.05) is 45.7 Å². The lowest BCUT2D eigenvalue weighted by atomic mass is 10.1. The van der Waals surface area contributed by atoms with Gasteiger partial charge in [-0.15, -0.1) is 5.53 Å². The zero-order valence-corrected chi connectivity index (χ0v) is 14.1. The number of aliphatic hydroxyl groups is 1. The number of rotatable bonds is 1. The summed E-state index contributed by atoms with van der Waals surface area (Å²) in [7, 11) is 0. The van der Waals surface area contributed by atoms with Gasteiger partial charge in [-0.2, -0.15) is 0 Å². The second kappa shape index (κ2) is 5.90. The van der Waals surface area contributed by atoms with Gasteiger partial charge in [-0.3, -0.25) is 5.01 Å². The number of nitrogens with zero attached hydrogens (tertiary/aromatic N) is 2. The molecule has 0 spiro atoms. The predicted molar refractivity (Wildman–Crippen MR) is 96.2 cm³/mol. The van der Waals surface area contributed by atoms with Crippen LogP contribution in [0.15, 0.2) is 66.2 Å². The third kappa shape index (κ3) is 2.49. The highest BCUT2D eigenvalue weighted by Gasteiger charge is 2.34. The first-order chi connectivity index (χ1) is 10.6. The van der Waals surface area contributed by atoms with Crippen molar-refractivity contribution in [3.8, 4) is 0 Å². The van der Waals surface area contributed by atoms with Crippen LogP contribution in [0.5, 0.6) is 0 Å². The van der Waals surface area contributed by atoms with E-state index in [1.165, 1.54) is 0 Å². The molecule has 0 unspecified atom stereocenters. The number of fused-ring (bicyclic) bond motifs is 3. The molecule has 2 aromatic rings. The summed E-state index contributed by atoms with van der Waals surface area (Å²) >= 11 is 9.49. The first-order valence-corrected chi connectivity index (χ1v) is 7.84. The third-order valence-corrected chi connectivity index (χ3v) is 4.54. The largest absolute Gasteiger partial charge is 0.492 e. The highest BCUT2D eigenvalue weighted by molar-refractivity contribution is 9.15. The van der Waals surface area contributed by atoms with Gasteiger partial charge in [0.2, 0.25) is 5.88 Å². The van der Waals surface area contributed by atoms with Crippen LogP contribution in [0.3, 0.4) is 0 Å². The lowest BCUT2D eigenvalue weighted by Gasteiger charge is -2.27. The molecule has 118 valence electrons. The summed E-state index contributed by atoms with van der Waals surface area (Å²) < 4.78 is 0.931. The van der Waals surface area contributed by atoms with Crippen LogP contribution >= 0.6 is 27.5 Å². The minimum Gasteiger partial charge on any atom is -0.492 e. The molecule has 4 N–H and O–H groups in total. The van der Waals surface area contributed by atoms with Crippen LogP contribution in [-0.4, -0.2) is 10.6 Å². The minimum absolute atomic E-state index is 0. The molecule has 23 heavy (non-hydrogen) atoms. The molecule has 0 aromatic heterocycles. The highest BCUT2D eigenvalue weighted by atomic mass is 79.9. The van der Waals surface area contributed by atoms with E-state index in [0.717, 1.165) is 21.4 Å². The van der Waals surface area contributed by atoms with Gasteiger partial charge >= 0.3 is 0 Å². The average molecular weight is 395 g/mol. The maximum atomic E-state index is 10.6.